The molecule has 2 aromatic heterocycles. The number of thiazole rings is 1. The van der Waals surface area contributed by atoms with Crippen LogP contribution in [-0.4, -0.2) is 39.5 Å². The molecule has 1 atom stereocenters. The van der Waals surface area contributed by atoms with Crippen LogP contribution in [0.5, 0.6) is 5.75 Å². The van der Waals surface area contributed by atoms with Gasteiger partial charge in [-0.25, -0.2) is 28.0 Å². The summed E-state index contributed by atoms with van der Waals surface area (Å²) in [5.74, 6) is -0.534. The Balaban J connectivity index is 1.46. The van der Waals surface area contributed by atoms with Crippen LogP contribution in [0.1, 0.15) is 17.3 Å². The van der Waals surface area contributed by atoms with E-state index in [0.29, 0.717) is 21.7 Å². The summed E-state index contributed by atoms with van der Waals surface area (Å²) in [6.07, 6.45) is 1.81. The molecule has 0 unspecified atom stereocenters. The number of ether oxygens (including phenoxy) is 1. The number of rotatable bonds is 8. The summed E-state index contributed by atoms with van der Waals surface area (Å²) in [7, 11) is -3.87. The molecule has 2 aromatic carbocycles. The monoisotopic (exact) mass is 459 g/mol. The smallest absolute Gasteiger partial charge is 0.328 e. The molecule has 0 aliphatic heterocycles. The number of aliphatic carboxylic acids is 1. The molecule has 12 heteroatoms. The number of hydrogen-bond acceptors (Lipinski definition) is 8. The van der Waals surface area contributed by atoms with E-state index in [1.165, 1.54) is 10.9 Å². The Hall–Kier alpha value is -3.35. The van der Waals surface area contributed by atoms with Gasteiger partial charge in [-0.2, -0.15) is 0 Å². The number of carbonyl (C=O) groups is 1. The lowest BCUT2D eigenvalue weighted by Crippen LogP contribution is -2.22. The van der Waals surface area contributed by atoms with Crippen LogP contribution >= 0.6 is 11.3 Å². The standard InChI is InChI=1S/C19H17N5O5S2/c20-31(27,28)19-21-15-7-6-14(9-17(15)30-19)29-11-13-10-24(23-22-13)16(18(25)26)8-12-4-2-1-3-5-12/h1-7,9-10,16H,8,11H2,(H,25,26)(H2,20,27,28)/t16-/m0/s1. The van der Waals surface area contributed by atoms with Gasteiger partial charge in [0, 0.05) is 6.42 Å². The zero-order valence-corrected chi connectivity index (χ0v) is 17.6. The molecule has 0 aliphatic rings. The van der Waals surface area contributed by atoms with Crippen molar-refractivity contribution in [2.24, 2.45) is 5.14 Å². The highest BCUT2D eigenvalue weighted by molar-refractivity contribution is 7.91. The summed E-state index contributed by atoms with van der Waals surface area (Å²) in [4.78, 5) is 15.7. The largest absolute Gasteiger partial charge is 0.487 e. The molecular formula is C19H17N5O5S2. The number of carboxylic acids is 1. The molecule has 2 heterocycles. The van der Waals surface area contributed by atoms with Crippen molar-refractivity contribution in [2.75, 3.05) is 0 Å². The van der Waals surface area contributed by atoms with Gasteiger partial charge in [0.1, 0.15) is 18.1 Å². The van der Waals surface area contributed by atoms with E-state index in [1.807, 2.05) is 30.3 Å². The molecule has 4 aromatic rings. The highest BCUT2D eigenvalue weighted by Gasteiger charge is 2.22. The topological polar surface area (TPSA) is 150 Å². The zero-order valence-electron chi connectivity index (χ0n) is 16.0. The summed E-state index contributed by atoms with van der Waals surface area (Å²) < 4.78 is 30.4. The molecular weight excluding hydrogens is 442 g/mol. The number of hydrogen-bond donors (Lipinski definition) is 2. The first kappa shape index (κ1) is 20.9. The minimum Gasteiger partial charge on any atom is -0.487 e. The fourth-order valence-corrected chi connectivity index (χ4v) is 4.60. The highest BCUT2D eigenvalue weighted by Crippen LogP contribution is 2.28. The highest BCUT2D eigenvalue weighted by atomic mass is 32.2. The van der Waals surface area contributed by atoms with Crippen molar-refractivity contribution in [3.63, 3.8) is 0 Å². The minimum atomic E-state index is -3.87. The van der Waals surface area contributed by atoms with Gasteiger partial charge in [-0.15, -0.1) is 16.4 Å². The number of fused-ring (bicyclic) bond motifs is 1. The molecule has 31 heavy (non-hydrogen) atoms. The Bertz CT molecular complexity index is 1330. The maximum Gasteiger partial charge on any atom is 0.328 e. The molecule has 0 bridgehead atoms. The van der Waals surface area contributed by atoms with Crippen molar-refractivity contribution in [1.29, 1.82) is 0 Å². The lowest BCUT2D eigenvalue weighted by Gasteiger charge is -2.12. The van der Waals surface area contributed by atoms with E-state index < -0.39 is 22.0 Å². The maximum absolute atomic E-state index is 11.7. The van der Waals surface area contributed by atoms with Crippen LogP contribution in [0, 0.1) is 0 Å². The molecule has 0 fully saturated rings. The summed E-state index contributed by atoms with van der Waals surface area (Å²) in [5.41, 5.74) is 1.83. The van der Waals surface area contributed by atoms with E-state index in [9.17, 15) is 18.3 Å². The fourth-order valence-electron chi connectivity index (χ4n) is 2.92. The van der Waals surface area contributed by atoms with Crippen molar-refractivity contribution in [3.8, 4) is 5.75 Å². The second kappa shape index (κ2) is 8.41. The Morgan fingerprint density at radius 1 is 1.23 bits per heavy atom. The molecule has 3 N–H and O–H groups in total. The molecule has 0 amide bonds. The Labute approximate surface area is 181 Å². The average molecular weight is 460 g/mol. The number of nitrogens with zero attached hydrogens (tertiary/aromatic N) is 4. The van der Waals surface area contributed by atoms with E-state index in [-0.39, 0.29) is 17.4 Å². The van der Waals surface area contributed by atoms with Crippen LogP contribution in [0.2, 0.25) is 0 Å². The summed E-state index contributed by atoms with van der Waals surface area (Å²) in [6.45, 7) is 0.0596. The van der Waals surface area contributed by atoms with Crippen LogP contribution in [-0.2, 0) is 27.8 Å². The van der Waals surface area contributed by atoms with Gasteiger partial charge >= 0.3 is 5.97 Å². The quantitative estimate of drug-likeness (QED) is 0.406. The Kier molecular flexibility index (Phi) is 5.67. The van der Waals surface area contributed by atoms with Crippen LogP contribution in [0.15, 0.2) is 59.1 Å². The lowest BCUT2D eigenvalue weighted by molar-refractivity contribution is -0.141. The molecule has 0 saturated heterocycles. The first-order chi connectivity index (χ1) is 14.8. The third-order valence-electron chi connectivity index (χ3n) is 4.40. The SMILES string of the molecule is NS(=O)(=O)c1nc2ccc(OCc3cn([C@@H](Cc4ccccc4)C(=O)O)nn3)cc2s1. The zero-order chi connectivity index (χ0) is 22.0. The van der Waals surface area contributed by atoms with Crippen LogP contribution in [0.3, 0.4) is 0 Å². The molecule has 10 nitrogen and oxygen atoms in total. The average Bonchev–Trinajstić information content (AvgIpc) is 3.37. The lowest BCUT2D eigenvalue weighted by atomic mass is 10.1. The molecule has 4 rings (SSSR count). The van der Waals surface area contributed by atoms with Gasteiger partial charge in [0.2, 0.25) is 4.34 Å². The summed E-state index contributed by atoms with van der Waals surface area (Å²) >= 11 is 0.951. The normalized spacial score (nSPS) is 12.7. The Morgan fingerprint density at radius 3 is 2.71 bits per heavy atom. The first-order valence-corrected chi connectivity index (χ1v) is 11.4. The summed E-state index contributed by atoms with van der Waals surface area (Å²) in [6, 6.07) is 13.3. The van der Waals surface area contributed by atoms with E-state index in [1.54, 1.807) is 18.2 Å². The number of nitrogens with two attached hydrogens (primary N) is 1. The van der Waals surface area contributed by atoms with Gasteiger partial charge in [-0.05, 0) is 23.8 Å². The molecule has 0 aliphatic carbocycles. The first-order valence-electron chi connectivity index (χ1n) is 9.03. The summed E-state index contributed by atoms with van der Waals surface area (Å²) in [5, 5.41) is 22.6. The fraction of sp³-hybridized carbons (Fsp3) is 0.158. The molecule has 0 radical (unpaired) electrons. The predicted octanol–water partition coefficient (Wildman–Crippen LogP) is 1.98. The van der Waals surface area contributed by atoms with Crippen LogP contribution in [0.4, 0.5) is 0 Å². The third-order valence-corrected chi connectivity index (χ3v) is 6.74. The van der Waals surface area contributed by atoms with Crippen molar-refractivity contribution < 1.29 is 23.1 Å². The van der Waals surface area contributed by atoms with Crippen molar-refractivity contribution in [1.82, 2.24) is 20.0 Å². The van der Waals surface area contributed by atoms with Gasteiger partial charge in [-0.3, -0.25) is 0 Å². The van der Waals surface area contributed by atoms with Crippen LogP contribution < -0.4 is 9.88 Å². The van der Waals surface area contributed by atoms with Crippen molar-refractivity contribution in [3.05, 3.63) is 66.0 Å². The predicted molar refractivity (Wildman–Crippen MR) is 112 cm³/mol. The van der Waals surface area contributed by atoms with Gasteiger partial charge in [0.15, 0.2) is 6.04 Å². The van der Waals surface area contributed by atoms with E-state index in [2.05, 4.69) is 15.3 Å². The molecule has 0 spiro atoms. The van der Waals surface area contributed by atoms with Crippen LogP contribution in [0.25, 0.3) is 10.2 Å². The molecule has 0 saturated carbocycles. The van der Waals surface area contributed by atoms with Gasteiger partial charge < -0.3 is 9.84 Å². The number of sulfonamides is 1. The number of primary sulfonamides is 1. The van der Waals surface area contributed by atoms with Gasteiger partial charge in [-0.1, -0.05) is 35.5 Å². The number of benzene rings is 2. The van der Waals surface area contributed by atoms with E-state index in [0.717, 1.165) is 16.9 Å². The van der Waals surface area contributed by atoms with Crippen molar-refractivity contribution >= 4 is 37.5 Å². The van der Waals surface area contributed by atoms with Crippen molar-refractivity contribution in [2.45, 2.75) is 23.4 Å². The van der Waals surface area contributed by atoms with E-state index in [4.69, 9.17) is 9.88 Å². The minimum absolute atomic E-state index is 0.0596. The number of aromatic nitrogens is 4. The van der Waals surface area contributed by atoms with Gasteiger partial charge in [0.05, 0.1) is 16.4 Å². The molecule has 160 valence electrons. The van der Waals surface area contributed by atoms with Gasteiger partial charge in [0.25, 0.3) is 10.0 Å². The Morgan fingerprint density at radius 2 is 2.00 bits per heavy atom. The second-order valence-corrected chi connectivity index (χ2v) is 9.44. The number of carboxylic acid groups (broad SMARTS) is 1. The third kappa shape index (κ3) is 4.87. The maximum atomic E-state index is 11.7. The van der Waals surface area contributed by atoms with E-state index >= 15 is 0 Å². The second-order valence-electron chi connectivity index (χ2n) is 6.68.